The summed E-state index contributed by atoms with van der Waals surface area (Å²) in [5, 5.41) is 5.25. The van der Waals surface area contributed by atoms with Gasteiger partial charge in [0, 0.05) is 46.6 Å². The number of benzene rings is 3. The molecule has 0 amide bonds. The fraction of sp³-hybridized carbons (Fsp3) is 0. The van der Waals surface area contributed by atoms with Gasteiger partial charge in [0.1, 0.15) is 28.8 Å². The summed E-state index contributed by atoms with van der Waals surface area (Å²) in [6, 6.07) is 16.4. The van der Waals surface area contributed by atoms with Gasteiger partial charge >= 0.3 is 0 Å². The maximum atomic E-state index is 12.2. The topological polar surface area (TPSA) is 150 Å². The third-order valence-corrected chi connectivity index (χ3v) is 5.97. The van der Waals surface area contributed by atoms with Gasteiger partial charge in [-0.05, 0) is 42.5 Å². The Morgan fingerprint density at radius 2 is 1.67 bits per heavy atom. The summed E-state index contributed by atoms with van der Waals surface area (Å²) in [5.41, 5.74) is 10.8. The lowest BCUT2D eigenvalue weighted by Crippen LogP contribution is -2.14. The number of hydrogen-bond donors (Lipinski definition) is 4. The normalized spacial score (nSPS) is 12.4. The second kappa shape index (κ2) is 10.7. The number of carbonyl (C=O) groups is 2. The van der Waals surface area contributed by atoms with Gasteiger partial charge in [-0.2, -0.15) is 13.5 Å². The number of carbonyl (C=O) groups excluding carboxylic acids is 2. The first-order valence-corrected chi connectivity index (χ1v) is 12.0. The van der Waals surface area contributed by atoms with Gasteiger partial charge in [-0.15, -0.1) is 0 Å². The molecular formula is C25H20N4O6S. The van der Waals surface area contributed by atoms with E-state index in [4.69, 9.17) is 4.42 Å². The number of hydrogen-bond acceptors (Lipinski definition) is 9. The molecule has 2 aromatic rings. The maximum absolute atomic E-state index is 12.2. The van der Waals surface area contributed by atoms with Crippen LogP contribution in [0, 0.1) is 0 Å². The van der Waals surface area contributed by atoms with Crippen molar-refractivity contribution in [2.24, 2.45) is 5.10 Å². The monoisotopic (exact) mass is 504 g/mol. The molecule has 0 radical (unpaired) electrons. The minimum atomic E-state index is -4.52. The van der Waals surface area contributed by atoms with Gasteiger partial charge in [0.2, 0.25) is 0 Å². The average molecular weight is 505 g/mol. The summed E-state index contributed by atoms with van der Waals surface area (Å²) in [4.78, 5) is 20.6. The highest BCUT2D eigenvalue weighted by Crippen LogP contribution is 2.42. The van der Waals surface area contributed by atoms with Crippen molar-refractivity contribution in [3.8, 4) is 22.5 Å². The number of nitrogens with one attached hydrogen (secondary N) is 3. The van der Waals surface area contributed by atoms with Gasteiger partial charge in [-0.25, -0.2) is 0 Å². The van der Waals surface area contributed by atoms with E-state index >= 15 is 0 Å². The minimum absolute atomic E-state index is 0.240. The van der Waals surface area contributed by atoms with Crippen molar-refractivity contribution in [1.82, 2.24) is 10.9 Å². The molecule has 182 valence electrons. The van der Waals surface area contributed by atoms with E-state index in [0.29, 0.717) is 57.0 Å². The van der Waals surface area contributed by atoms with E-state index in [1.165, 1.54) is 36.7 Å². The molecule has 1 aliphatic heterocycles. The van der Waals surface area contributed by atoms with Gasteiger partial charge < -0.3 is 15.3 Å². The molecule has 0 fully saturated rings. The van der Waals surface area contributed by atoms with Crippen molar-refractivity contribution in [3.05, 3.63) is 90.6 Å². The Morgan fingerprint density at radius 3 is 2.44 bits per heavy atom. The molecule has 0 unspecified atom stereocenters. The SMILES string of the molecule is O=C/C=C\NN=c1ccc2c(-c3ccccc3S(=O)(=O)O)c3ccc(NN/C=C\C=O)cc3oc-2c1. The highest BCUT2D eigenvalue weighted by atomic mass is 32.2. The van der Waals surface area contributed by atoms with Crippen molar-refractivity contribution in [2.75, 3.05) is 5.43 Å². The zero-order valence-electron chi connectivity index (χ0n) is 18.6. The molecule has 1 heterocycles. The number of hydrazine groups is 1. The van der Waals surface area contributed by atoms with Gasteiger partial charge in [-0.3, -0.25) is 19.6 Å². The molecule has 0 atom stereocenters. The van der Waals surface area contributed by atoms with E-state index in [0.717, 1.165) is 0 Å². The molecule has 11 heteroatoms. The lowest BCUT2D eigenvalue weighted by Gasteiger charge is -2.17. The van der Waals surface area contributed by atoms with E-state index < -0.39 is 10.1 Å². The van der Waals surface area contributed by atoms with Crippen LogP contribution in [0.25, 0.3) is 33.4 Å². The summed E-state index contributed by atoms with van der Waals surface area (Å²) in [6.45, 7) is 0. The van der Waals surface area contributed by atoms with Gasteiger partial charge in [0.15, 0.2) is 0 Å². The molecule has 36 heavy (non-hydrogen) atoms. The molecule has 2 aromatic carbocycles. The van der Waals surface area contributed by atoms with Gasteiger partial charge in [-0.1, -0.05) is 18.2 Å². The van der Waals surface area contributed by atoms with Crippen LogP contribution in [0.5, 0.6) is 0 Å². The first kappa shape index (κ1) is 24.4. The van der Waals surface area contributed by atoms with Crippen molar-refractivity contribution < 1.29 is 27.0 Å². The van der Waals surface area contributed by atoms with E-state index in [1.807, 2.05) is 0 Å². The number of fused-ring (bicyclic) bond motifs is 2. The van der Waals surface area contributed by atoms with Crippen molar-refractivity contribution in [1.29, 1.82) is 0 Å². The van der Waals surface area contributed by atoms with Crippen LogP contribution in [-0.4, -0.2) is 25.5 Å². The highest BCUT2D eigenvalue weighted by Gasteiger charge is 2.23. The van der Waals surface area contributed by atoms with Gasteiger partial charge in [0.05, 0.1) is 11.0 Å². The maximum Gasteiger partial charge on any atom is 0.295 e. The fourth-order valence-electron chi connectivity index (χ4n) is 3.62. The summed E-state index contributed by atoms with van der Waals surface area (Å²) in [6.07, 6.45) is 6.55. The van der Waals surface area contributed by atoms with E-state index in [9.17, 15) is 22.6 Å². The van der Waals surface area contributed by atoms with Crippen molar-refractivity contribution in [2.45, 2.75) is 4.90 Å². The summed E-state index contributed by atoms with van der Waals surface area (Å²) < 4.78 is 40.4. The molecule has 4 N–H and O–H groups in total. The van der Waals surface area contributed by atoms with Crippen LogP contribution in [0.2, 0.25) is 0 Å². The molecule has 0 bridgehead atoms. The van der Waals surface area contributed by atoms with Crippen LogP contribution < -0.4 is 21.6 Å². The van der Waals surface area contributed by atoms with Crippen LogP contribution in [0.4, 0.5) is 5.69 Å². The summed E-state index contributed by atoms with van der Waals surface area (Å²) in [5.74, 6) is 0.399. The Hall–Kier alpha value is -4.74. The Bertz CT molecular complexity index is 1640. The molecule has 2 aliphatic rings. The summed E-state index contributed by atoms with van der Waals surface area (Å²) >= 11 is 0. The Morgan fingerprint density at radius 1 is 0.889 bits per heavy atom. The van der Waals surface area contributed by atoms with Crippen LogP contribution in [0.3, 0.4) is 0 Å². The Balaban J connectivity index is 1.97. The third kappa shape index (κ3) is 5.32. The Labute approximate surface area is 205 Å². The van der Waals surface area contributed by atoms with E-state index in [-0.39, 0.29) is 4.90 Å². The zero-order valence-corrected chi connectivity index (χ0v) is 19.4. The second-order valence-corrected chi connectivity index (χ2v) is 8.73. The molecule has 0 aromatic heterocycles. The Kier molecular flexibility index (Phi) is 7.23. The number of nitrogens with zero attached hydrogens (tertiary/aromatic N) is 1. The predicted octanol–water partition coefficient (Wildman–Crippen LogP) is 3.20. The fourth-order valence-corrected chi connectivity index (χ4v) is 4.32. The minimum Gasteiger partial charge on any atom is -0.456 e. The molecular weight excluding hydrogens is 484 g/mol. The van der Waals surface area contributed by atoms with Crippen LogP contribution >= 0.6 is 0 Å². The quantitative estimate of drug-likeness (QED) is 0.0886. The summed E-state index contributed by atoms with van der Waals surface area (Å²) in [7, 11) is -4.52. The van der Waals surface area contributed by atoms with Crippen molar-refractivity contribution in [3.63, 3.8) is 0 Å². The first-order chi connectivity index (χ1) is 17.4. The van der Waals surface area contributed by atoms with Crippen LogP contribution in [0.15, 0.2) is 99.6 Å². The standard InChI is InChI=1S/C25H20N4O6S/c30-13-3-11-26-28-17-7-9-19-22(15-17)35-23-16-18(29-27-12-4-14-31)8-10-20(23)25(19)21-5-1-2-6-24(21)36(32,33)34/h1-16,26-28H,(H,32,33,34)/b11-3-,12-4-,29-18?. The van der Waals surface area contributed by atoms with E-state index in [2.05, 4.69) is 21.4 Å². The zero-order chi connectivity index (χ0) is 25.5. The lowest BCUT2D eigenvalue weighted by molar-refractivity contribution is -0.104. The lowest BCUT2D eigenvalue weighted by atomic mass is 9.93. The third-order valence-electron chi connectivity index (χ3n) is 5.06. The molecule has 4 rings (SSSR count). The molecule has 0 saturated carbocycles. The second-order valence-electron chi connectivity index (χ2n) is 7.34. The highest BCUT2D eigenvalue weighted by molar-refractivity contribution is 7.86. The molecule has 1 aliphatic carbocycles. The largest absolute Gasteiger partial charge is 0.456 e. The van der Waals surface area contributed by atoms with Crippen LogP contribution in [0.1, 0.15) is 0 Å². The molecule has 10 nitrogen and oxygen atoms in total. The number of aldehydes is 2. The van der Waals surface area contributed by atoms with Crippen LogP contribution in [-0.2, 0) is 19.7 Å². The predicted molar refractivity (Wildman–Crippen MR) is 134 cm³/mol. The smallest absolute Gasteiger partial charge is 0.295 e. The molecule has 0 spiro atoms. The number of rotatable bonds is 9. The number of allylic oxidation sites excluding steroid dienone is 2. The van der Waals surface area contributed by atoms with E-state index in [1.54, 1.807) is 48.5 Å². The van der Waals surface area contributed by atoms with Gasteiger partial charge in [0.25, 0.3) is 10.1 Å². The number of anilines is 1. The average Bonchev–Trinajstić information content (AvgIpc) is 2.87. The van der Waals surface area contributed by atoms with Crippen molar-refractivity contribution >= 4 is 39.3 Å². The molecule has 0 saturated heterocycles. The first-order valence-electron chi connectivity index (χ1n) is 10.5.